The summed E-state index contributed by atoms with van der Waals surface area (Å²) in [6.07, 6.45) is 0.888. The smallest absolute Gasteiger partial charge is 0.255 e. The minimum atomic E-state index is -0.0209. The minimum absolute atomic E-state index is 0.0209. The molecular formula is C14H21NO2. The molecule has 2 rings (SSSR count). The molecule has 3 heteroatoms. The number of aryl methyl sites for hydroxylation is 1. The van der Waals surface area contributed by atoms with Crippen molar-refractivity contribution in [1.82, 2.24) is 5.32 Å². The van der Waals surface area contributed by atoms with Crippen LogP contribution in [0.3, 0.4) is 0 Å². The van der Waals surface area contributed by atoms with Gasteiger partial charge in [-0.15, -0.1) is 0 Å². The molecule has 94 valence electrons. The highest BCUT2D eigenvalue weighted by molar-refractivity contribution is 5.98. The normalized spacial score (nSPS) is 17.9. The molecule has 3 nitrogen and oxygen atoms in total. The monoisotopic (exact) mass is 235 g/mol. The first-order valence-corrected chi connectivity index (χ1v) is 6.25. The summed E-state index contributed by atoms with van der Waals surface area (Å²) in [6, 6.07) is 5.80. The van der Waals surface area contributed by atoms with Crippen LogP contribution in [-0.4, -0.2) is 18.6 Å². The van der Waals surface area contributed by atoms with E-state index in [-0.39, 0.29) is 11.9 Å². The highest BCUT2D eigenvalue weighted by Crippen LogP contribution is 2.24. The number of hydrogen-bond acceptors (Lipinski definition) is 2. The summed E-state index contributed by atoms with van der Waals surface area (Å²) in [5.74, 6) is 0.677. The van der Waals surface area contributed by atoms with E-state index >= 15 is 0 Å². The third-order valence-electron chi connectivity index (χ3n) is 2.73. The van der Waals surface area contributed by atoms with E-state index < -0.39 is 0 Å². The zero-order chi connectivity index (χ0) is 12.8. The van der Waals surface area contributed by atoms with Gasteiger partial charge in [0.25, 0.3) is 5.91 Å². The SMILES string of the molecule is CC.CCC1COc2cccc(C)c2C(=O)N1. The Balaban J connectivity index is 0.000000686. The maximum atomic E-state index is 11.9. The summed E-state index contributed by atoms with van der Waals surface area (Å²) in [5.41, 5.74) is 1.63. The molecule has 1 aliphatic rings. The molecule has 0 fully saturated rings. The van der Waals surface area contributed by atoms with Crippen LogP contribution in [0.1, 0.15) is 43.1 Å². The lowest BCUT2D eigenvalue weighted by molar-refractivity contribution is 0.0937. The summed E-state index contributed by atoms with van der Waals surface area (Å²) < 4.78 is 5.62. The van der Waals surface area contributed by atoms with Gasteiger partial charge in [0.15, 0.2) is 0 Å². The molecule has 1 atom stereocenters. The Morgan fingerprint density at radius 3 is 2.76 bits per heavy atom. The van der Waals surface area contributed by atoms with E-state index in [4.69, 9.17) is 4.74 Å². The van der Waals surface area contributed by atoms with Crippen LogP contribution in [0.15, 0.2) is 18.2 Å². The lowest BCUT2D eigenvalue weighted by Crippen LogP contribution is -2.36. The van der Waals surface area contributed by atoms with Crippen molar-refractivity contribution in [3.63, 3.8) is 0 Å². The molecule has 1 aliphatic heterocycles. The van der Waals surface area contributed by atoms with E-state index in [0.29, 0.717) is 17.9 Å². The van der Waals surface area contributed by atoms with Gasteiger partial charge in [-0.3, -0.25) is 4.79 Å². The van der Waals surface area contributed by atoms with Crippen LogP contribution < -0.4 is 10.1 Å². The molecule has 1 amide bonds. The van der Waals surface area contributed by atoms with Crippen LogP contribution in [0.25, 0.3) is 0 Å². The number of amides is 1. The fourth-order valence-corrected chi connectivity index (χ4v) is 1.76. The average molecular weight is 235 g/mol. The number of hydrogen-bond donors (Lipinski definition) is 1. The number of rotatable bonds is 1. The largest absolute Gasteiger partial charge is 0.491 e. The Morgan fingerprint density at radius 2 is 2.12 bits per heavy atom. The molecule has 0 aliphatic carbocycles. The number of nitrogens with one attached hydrogen (secondary N) is 1. The van der Waals surface area contributed by atoms with Gasteiger partial charge >= 0.3 is 0 Å². The van der Waals surface area contributed by atoms with Crippen LogP contribution in [0.2, 0.25) is 0 Å². The molecular weight excluding hydrogens is 214 g/mol. The predicted octanol–water partition coefficient (Wildman–Crippen LogP) is 2.92. The molecule has 0 saturated heterocycles. The van der Waals surface area contributed by atoms with Crippen molar-refractivity contribution < 1.29 is 9.53 Å². The van der Waals surface area contributed by atoms with E-state index in [9.17, 15) is 4.79 Å². The fraction of sp³-hybridized carbons (Fsp3) is 0.500. The van der Waals surface area contributed by atoms with E-state index in [1.807, 2.05) is 45.9 Å². The lowest BCUT2D eigenvalue weighted by atomic mass is 10.1. The van der Waals surface area contributed by atoms with Gasteiger partial charge in [0.05, 0.1) is 11.6 Å². The average Bonchev–Trinajstić information content (AvgIpc) is 2.52. The predicted molar refractivity (Wildman–Crippen MR) is 69.6 cm³/mol. The quantitative estimate of drug-likeness (QED) is 0.812. The molecule has 17 heavy (non-hydrogen) atoms. The van der Waals surface area contributed by atoms with E-state index in [1.165, 1.54) is 0 Å². The van der Waals surface area contributed by atoms with Crippen LogP contribution in [0.5, 0.6) is 5.75 Å². The Labute approximate surface area is 103 Å². The third kappa shape index (κ3) is 2.99. The Morgan fingerprint density at radius 1 is 1.41 bits per heavy atom. The minimum Gasteiger partial charge on any atom is -0.491 e. The number of carbonyl (C=O) groups excluding carboxylic acids is 1. The zero-order valence-corrected chi connectivity index (χ0v) is 11.0. The Kier molecular flexibility index (Phi) is 5.01. The summed E-state index contributed by atoms with van der Waals surface area (Å²) in [6.45, 7) is 8.52. The van der Waals surface area contributed by atoms with Crippen LogP contribution in [-0.2, 0) is 0 Å². The second kappa shape index (κ2) is 6.28. The summed E-state index contributed by atoms with van der Waals surface area (Å²) >= 11 is 0. The first-order valence-electron chi connectivity index (χ1n) is 6.25. The summed E-state index contributed by atoms with van der Waals surface area (Å²) in [4.78, 5) is 11.9. The molecule has 1 N–H and O–H groups in total. The van der Waals surface area contributed by atoms with Crippen molar-refractivity contribution in [3.05, 3.63) is 29.3 Å². The van der Waals surface area contributed by atoms with Gasteiger partial charge in [-0.2, -0.15) is 0 Å². The Hall–Kier alpha value is -1.51. The van der Waals surface area contributed by atoms with Gasteiger partial charge in [-0.25, -0.2) is 0 Å². The zero-order valence-electron chi connectivity index (χ0n) is 11.0. The van der Waals surface area contributed by atoms with E-state index in [1.54, 1.807) is 0 Å². The molecule has 1 aromatic rings. The standard InChI is InChI=1S/C12H15NO2.C2H6/c1-3-9-7-15-10-6-4-5-8(2)11(10)12(14)13-9;1-2/h4-6,9H,3,7H2,1-2H3,(H,13,14);1-2H3. The lowest BCUT2D eigenvalue weighted by Gasteiger charge is -2.11. The second-order valence-electron chi connectivity index (χ2n) is 3.84. The van der Waals surface area contributed by atoms with Crippen molar-refractivity contribution >= 4 is 5.91 Å². The van der Waals surface area contributed by atoms with Crippen molar-refractivity contribution in [1.29, 1.82) is 0 Å². The van der Waals surface area contributed by atoms with Gasteiger partial charge < -0.3 is 10.1 Å². The van der Waals surface area contributed by atoms with Crippen LogP contribution in [0.4, 0.5) is 0 Å². The molecule has 0 radical (unpaired) electrons. The fourth-order valence-electron chi connectivity index (χ4n) is 1.76. The second-order valence-corrected chi connectivity index (χ2v) is 3.84. The van der Waals surface area contributed by atoms with Crippen LogP contribution in [0, 0.1) is 6.92 Å². The van der Waals surface area contributed by atoms with Gasteiger partial charge in [-0.1, -0.05) is 32.9 Å². The molecule has 0 saturated carbocycles. The van der Waals surface area contributed by atoms with Gasteiger partial charge in [0.1, 0.15) is 12.4 Å². The molecule has 1 unspecified atom stereocenters. The Bertz CT molecular complexity index is 388. The number of ether oxygens (including phenoxy) is 1. The highest BCUT2D eigenvalue weighted by Gasteiger charge is 2.22. The van der Waals surface area contributed by atoms with Crippen LogP contribution >= 0.6 is 0 Å². The first-order chi connectivity index (χ1) is 8.22. The summed E-state index contributed by atoms with van der Waals surface area (Å²) in [7, 11) is 0. The maximum absolute atomic E-state index is 11.9. The van der Waals surface area contributed by atoms with Gasteiger partial charge in [0, 0.05) is 0 Å². The van der Waals surface area contributed by atoms with Crippen molar-refractivity contribution in [2.45, 2.75) is 40.2 Å². The van der Waals surface area contributed by atoms with Gasteiger partial charge in [-0.05, 0) is 25.0 Å². The number of fused-ring (bicyclic) bond motifs is 1. The summed E-state index contributed by atoms with van der Waals surface area (Å²) in [5, 5.41) is 2.96. The van der Waals surface area contributed by atoms with E-state index in [2.05, 4.69) is 5.32 Å². The molecule has 0 bridgehead atoms. The highest BCUT2D eigenvalue weighted by atomic mass is 16.5. The molecule has 0 aromatic heterocycles. The topological polar surface area (TPSA) is 38.3 Å². The first kappa shape index (κ1) is 13.6. The van der Waals surface area contributed by atoms with Crippen molar-refractivity contribution in [3.8, 4) is 5.75 Å². The molecule has 0 spiro atoms. The van der Waals surface area contributed by atoms with Gasteiger partial charge in [0.2, 0.25) is 0 Å². The number of benzene rings is 1. The van der Waals surface area contributed by atoms with E-state index in [0.717, 1.165) is 12.0 Å². The molecule has 1 aromatic carbocycles. The van der Waals surface area contributed by atoms with Crippen molar-refractivity contribution in [2.75, 3.05) is 6.61 Å². The van der Waals surface area contributed by atoms with Crippen molar-refractivity contribution in [2.24, 2.45) is 0 Å². The molecule has 1 heterocycles. The number of carbonyl (C=O) groups is 1. The third-order valence-corrected chi connectivity index (χ3v) is 2.73. The maximum Gasteiger partial charge on any atom is 0.255 e.